The fraction of sp³-hybridized carbons (Fsp3) is 0.471. The molecule has 1 aromatic heterocycles. The van der Waals surface area contributed by atoms with E-state index in [1.165, 1.54) is 35.9 Å². The van der Waals surface area contributed by atoms with Gasteiger partial charge in [0.15, 0.2) is 4.34 Å². The molecule has 8 heteroatoms. The molecule has 5 nitrogen and oxygen atoms in total. The highest BCUT2D eigenvalue weighted by atomic mass is 35.5. The fourth-order valence-corrected chi connectivity index (χ4v) is 4.73. The summed E-state index contributed by atoms with van der Waals surface area (Å²) in [6.45, 7) is 4.26. The molecule has 2 unspecified atom stereocenters. The molecule has 1 aromatic carbocycles. The molecule has 2 heterocycles. The van der Waals surface area contributed by atoms with Gasteiger partial charge in [0.25, 0.3) is 0 Å². The van der Waals surface area contributed by atoms with Crippen LogP contribution in [0.2, 0.25) is 5.02 Å². The van der Waals surface area contributed by atoms with Crippen molar-refractivity contribution in [3.05, 3.63) is 28.7 Å². The Kier molecular flexibility index (Phi) is 6.70. The predicted octanol–water partition coefficient (Wildman–Crippen LogP) is 4.31. The van der Waals surface area contributed by atoms with Crippen molar-refractivity contribution >= 4 is 46.3 Å². The standard InChI is InChI=1S/C17H21ClN4OS2/c1-11(12-3-2-6-19-9-12)7-16(23)21-13-4-5-15(14(18)8-13)25-17-22-20-10-24-17/h4-5,8,10-12,19H,2-3,6-7,9H2,1H3,(H,21,23). The number of piperidine rings is 1. The van der Waals surface area contributed by atoms with Crippen molar-refractivity contribution in [1.29, 1.82) is 0 Å². The smallest absolute Gasteiger partial charge is 0.224 e. The number of hydrogen-bond acceptors (Lipinski definition) is 6. The Hall–Kier alpha value is -1.15. The van der Waals surface area contributed by atoms with Crippen molar-refractivity contribution in [3.63, 3.8) is 0 Å². The number of nitrogens with one attached hydrogen (secondary N) is 2. The van der Waals surface area contributed by atoms with Crippen LogP contribution < -0.4 is 10.6 Å². The molecule has 1 aliphatic heterocycles. The molecule has 2 N–H and O–H groups in total. The van der Waals surface area contributed by atoms with Crippen LogP contribution in [0.3, 0.4) is 0 Å². The van der Waals surface area contributed by atoms with E-state index in [0.29, 0.717) is 23.3 Å². The summed E-state index contributed by atoms with van der Waals surface area (Å²) >= 11 is 9.27. The SMILES string of the molecule is CC(CC(=O)Nc1ccc(Sc2nncs2)c(Cl)c1)C1CCCNC1. The molecule has 3 rings (SSSR count). The van der Waals surface area contributed by atoms with Gasteiger partial charge in [0, 0.05) is 17.0 Å². The van der Waals surface area contributed by atoms with Gasteiger partial charge in [0.2, 0.25) is 5.91 Å². The second kappa shape index (κ2) is 8.98. The van der Waals surface area contributed by atoms with Crippen LogP contribution in [-0.2, 0) is 4.79 Å². The fourth-order valence-electron chi connectivity index (χ4n) is 3.00. The lowest BCUT2D eigenvalue weighted by molar-refractivity contribution is -0.117. The van der Waals surface area contributed by atoms with Gasteiger partial charge >= 0.3 is 0 Å². The molecule has 1 aliphatic rings. The summed E-state index contributed by atoms with van der Waals surface area (Å²) in [6, 6.07) is 5.56. The van der Waals surface area contributed by atoms with Crippen LogP contribution in [0, 0.1) is 11.8 Å². The van der Waals surface area contributed by atoms with Crippen molar-refractivity contribution in [3.8, 4) is 0 Å². The van der Waals surface area contributed by atoms with E-state index in [-0.39, 0.29) is 5.91 Å². The average molecular weight is 397 g/mol. The molecule has 1 amide bonds. The summed E-state index contributed by atoms with van der Waals surface area (Å²) in [6.07, 6.45) is 2.93. The van der Waals surface area contributed by atoms with E-state index in [1.54, 1.807) is 11.6 Å². The van der Waals surface area contributed by atoms with Crippen molar-refractivity contribution < 1.29 is 4.79 Å². The number of nitrogens with zero attached hydrogens (tertiary/aromatic N) is 2. The highest BCUT2D eigenvalue weighted by molar-refractivity contribution is 8.01. The van der Waals surface area contributed by atoms with Gasteiger partial charge in [-0.05, 0) is 56.0 Å². The molecule has 25 heavy (non-hydrogen) atoms. The number of carbonyl (C=O) groups excluding carboxylic acids is 1. The number of benzene rings is 1. The van der Waals surface area contributed by atoms with E-state index in [9.17, 15) is 4.79 Å². The van der Waals surface area contributed by atoms with Crippen LogP contribution in [0.4, 0.5) is 5.69 Å². The molecular weight excluding hydrogens is 376 g/mol. The summed E-state index contributed by atoms with van der Waals surface area (Å²) in [4.78, 5) is 13.2. The lowest BCUT2D eigenvalue weighted by atomic mass is 9.85. The first-order valence-corrected chi connectivity index (χ1v) is 10.4. The van der Waals surface area contributed by atoms with E-state index in [2.05, 4.69) is 27.8 Å². The number of halogens is 1. The lowest BCUT2D eigenvalue weighted by Gasteiger charge is -2.28. The van der Waals surface area contributed by atoms with Crippen LogP contribution in [0.15, 0.2) is 32.9 Å². The topological polar surface area (TPSA) is 66.9 Å². The van der Waals surface area contributed by atoms with Gasteiger partial charge < -0.3 is 10.6 Å². The van der Waals surface area contributed by atoms with Gasteiger partial charge in [-0.25, -0.2) is 0 Å². The zero-order chi connectivity index (χ0) is 17.6. The predicted molar refractivity (Wildman–Crippen MR) is 103 cm³/mol. The molecule has 0 spiro atoms. The highest BCUT2D eigenvalue weighted by Gasteiger charge is 2.22. The minimum Gasteiger partial charge on any atom is -0.326 e. The molecule has 0 bridgehead atoms. The third kappa shape index (κ3) is 5.41. The Morgan fingerprint density at radius 2 is 2.44 bits per heavy atom. The molecule has 1 saturated heterocycles. The monoisotopic (exact) mass is 396 g/mol. The van der Waals surface area contributed by atoms with Crippen molar-refractivity contribution in [2.24, 2.45) is 11.8 Å². The first kappa shape index (κ1) is 18.6. The van der Waals surface area contributed by atoms with E-state index < -0.39 is 0 Å². The van der Waals surface area contributed by atoms with E-state index in [0.717, 1.165) is 28.0 Å². The van der Waals surface area contributed by atoms with Gasteiger partial charge in [-0.1, -0.05) is 41.6 Å². The van der Waals surface area contributed by atoms with Crippen molar-refractivity contribution in [2.75, 3.05) is 18.4 Å². The molecule has 0 radical (unpaired) electrons. The van der Waals surface area contributed by atoms with Gasteiger partial charge in [-0.15, -0.1) is 10.2 Å². The minimum atomic E-state index is 0.0404. The second-order valence-corrected chi connectivity index (χ2v) is 8.82. The Labute approximate surface area is 161 Å². The Morgan fingerprint density at radius 3 is 3.12 bits per heavy atom. The van der Waals surface area contributed by atoms with Gasteiger partial charge in [-0.2, -0.15) is 0 Å². The first-order chi connectivity index (χ1) is 12.1. The number of hydrogen-bond donors (Lipinski definition) is 2. The van der Waals surface area contributed by atoms with Gasteiger partial charge in [0.1, 0.15) is 5.51 Å². The van der Waals surface area contributed by atoms with E-state index in [4.69, 9.17) is 11.6 Å². The third-order valence-corrected chi connectivity index (χ3v) is 6.68. The van der Waals surface area contributed by atoms with Gasteiger partial charge in [-0.3, -0.25) is 4.79 Å². The quantitative estimate of drug-likeness (QED) is 0.761. The summed E-state index contributed by atoms with van der Waals surface area (Å²) in [7, 11) is 0. The molecule has 1 fully saturated rings. The maximum absolute atomic E-state index is 12.3. The zero-order valence-corrected chi connectivity index (χ0v) is 16.4. The number of carbonyl (C=O) groups is 1. The summed E-state index contributed by atoms with van der Waals surface area (Å²) in [5.41, 5.74) is 2.42. The van der Waals surface area contributed by atoms with Crippen LogP contribution in [0.5, 0.6) is 0 Å². The van der Waals surface area contributed by atoms with E-state index in [1.807, 2.05) is 12.1 Å². The van der Waals surface area contributed by atoms with Crippen LogP contribution in [-0.4, -0.2) is 29.2 Å². The molecule has 0 aliphatic carbocycles. The number of rotatable bonds is 6. The number of amides is 1. The maximum Gasteiger partial charge on any atom is 0.224 e. The first-order valence-electron chi connectivity index (χ1n) is 8.36. The zero-order valence-electron chi connectivity index (χ0n) is 14.0. The maximum atomic E-state index is 12.3. The largest absolute Gasteiger partial charge is 0.326 e. The second-order valence-electron chi connectivity index (χ2n) is 6.29. The molecular formula is C17H21ClN4OS2. The average Bonchev–Trinajstić information content (AvgIpc) is 3.11. The van der Waals surface area contributed by atoms with Crippen LogP contribution in [0.1, 0.15) is 26.2 Å². The number of aromatic nitrogens is 2. The van der Waals surface area contributed by atoms with Crippen LogP contribution in [0.25, 0.3) is 0 Å². The molecule has 0 saturated carbocycles. The Balaban J connectivity index is 1.55. The molecule has 2 atom stereocenters. The summed E-state index contributed by atoms with van der Waals surface area (Å²) < 4.78 is 0.841. The Morgan fingerprint density at radius 1 is 1.56 bits per heavy atom. The third-order valence-electron chi connectivity index (χ3n) is 4.40. The normalized spacial score (nSPS) is 18.7. The van der Waals surface area contributed by atoms with Gasteiger partial charge in [0.05, 0.1) is 5.02 Å². The van der Waals surface area contributed by atoms with Crippen molar-refractivity contribution in [2.45, 2.75) is 35.4 Å². The summed E-state index contributed by atoms with van der Waals surface area (Å²) in [5, 5.41) is 14.8. The lowest BCUT2D eigenvalue weighted by Crippen LogP contribution is -2.34. The van der Waals surface area contributed by atoms with Crippen molar-refractivity contribution in [1.82, 2.24) is 15.5 Å². The molecule has 2 aromatic rings. The Bertz CT molecular complexity index is 705. The number of anilines is 1. The summed E-state index contributed by atoms with van der Waals surface area (Å²) in [5.74, 6) is 0.989. The molecule has 134 valence electrons. The van der Waals surface area contributed by atoms with E-state index >= 15 is 0 Å². The minimum absolute atomic E-state index is 0.0404. The highest BCUT2D eigenvalue weighted by Crippen LogP contribution is 2.35. The van der Waals surface area contributed by atoms with Crippen LogP contribution >= 0.6 is 34.7 Å².